The summed E-state index contributed by atoms with van der Waals surface area (Å²) in [5.41, 5.74) is 8.60. The Kier molecular flexibility index (Phi) is 7.14. The molecule has 192 valence electrons. The predicted molar refractivity (Wildman–Crippen MR) is 134 cm³/mol. The first-order valence-electron chi connectivity index (χ1n) is 11.6. The van der Waals surface area contributed by atoms with Crippen molar-refractivity contribution in [3.63, 3.8) is 0 Å². The summed E-state index contributed by atoms with van der Waals surface area (Å²) < 4.78 is 49.9. The van der Waals surface area contributed by atoms with Gasteiger partial charge in [-0.3, -0.25) is 9.30 Å². The molecule has 11 heteroatoms. The van der Waals surface area contributed by atoms with Gasteiger partial charge >= 0.3 is 6.18 Å². The maximum Gasteiger partial charge on any atom is 0.408 e. The number of halogens is 4. The van der Waals surface area contributed by atoms with Crippen molar-refractivity contribution in [2.45, 2.75) is 51.6 Å². The largest absolute Gasteiger partial charge is 0.491 e. The van der Waals surface area contributed by atoms with Crippen LogP contribution < -0.4 is 10.5 Å². The molecule has 4 aromatic rings. The number of likely N-dealkylation sites (tertiary alicyclic amines) is 1. The summed E-state index contributed by atoms with van der Waals surface area (Å²) in [5.74, 6) is 1.11. The molecule has 0 amide bonds. The molecule has 1 aromatic carbocycles. The molecule has 0 radical (unpaired) electrons. The van der Waals surface area contributed by atoms with Crippen molar-refractivity contribution in [1.82, 2.24) is 24.5 Å². The van der Waals surface area contributed by atoms with Crippen LogP contribution >= 0.6 is 12.4 Å². The van der Waals surface area contributed by atoms with Gasteiger partial charge in [0.05, 0.1) is 11.6 Å². The zero-order valence-electron chi connectivity index (χ0n) is 20.2. The minimum atomic E-state index is -4.45. The second-order valence-electron chi connectivity index (χ2n) is 9.33. The summed E-state index contributed by atoms with van der Waals surface area (Å²) in [5, 5.41) is 9.34. The van der Waals surface area contributed by atoms with Crippen molar-refractivity contribution < 1.29 is 17.9 Å². The molecular weight excluding hydrogens is 493 g/mol. The van der Waals surface area contributed by atoms with Crippen LogP contribution in [0, 0.1) is 6.92 Å². The summed E-state index contributed by atoms with van der Waals surface area (Å²) in [6.07, 6.45) is -2.43. The van der Waals surface area contributed by atoms with Gasteiger partial charge < -0.3 is 10.5 Å². The van der Waals surface area contributed by atoms with E-state index in [1.165, 1.54) is 17.2 Å². The number of nitrogens with two attached hydrogens (primary N) is 1. The first kappa shape index (κ1) is 26.1. The lowest BCUT2D eigenvalue weighted by Crippen LogP contribution is -2.38. The number of fused-ring (bicyclic) bond motifs is 2. The van der Waals surface area contributed by atoms with Crippen molar-refractivity contribution in [3.8, 4) is 17.3 Å². The average Bonchev–Trinajstić information content (AvgIpc) is 3.40. The fourth-order valence-electron chi connectivity index (χ4n) is 4.72. The Hall–Kier alpha value is -2.95. The lowest BCUT2D eigenvalue weighted by Gasteiger charge is -2.30. The van der Waals surface area contributed by atoms with Crippen LogP contribution in [0.15, 0.2) is 42.6 Å². The standard InChI is InChI=1S/C25H27F3N6O.ClH/c1-14(2)35-20-8-5-16-4-7-19(30-22(16)15(20)3)24-32-31-21-9-6-17(12-34(21)24)23(25(26,27)28)33-11-10-18(29)13-33;/h4-9,12,14,18,23H,10-11,13,29H2,1-3H3;1H/t18?,23-;/m1./s1. The molecule has 3 aromatic heterocycles. The zero-order valence-corrected chi connectivity index (χ0v) is 21.0. The number of alkyl halides is 3. The molecule has 36 heavy (non-hydrogen) atoms. The van der Waals surface area contributed by atoms with Crippen molar-refractivity contribution in [3.05, 3.63) is 53.7 Å². The topological polar surface area (TPSA) is 81.6 Å². The molecule has 0 spiro atoms. The molecule has 1 unspecified atom stereocenters. The maximum absolute atomic E-state index is 14.1. The van der Waals surface area contributed by atoms with Crippen LogP contribution in [-0.2, 0) is 0 Å². The summed E-state index contributed by atoms with van der Waals surface area (Å²) in [4.78, 5) is 6.19. The minimum Gasteiger partial charge on any atom is -0.491 e. The van der Waals surface area contributed by atoms with E-state index >= 15 is 0 Å². The van der Waals surface area contributed by atoms with Crippen LogP contribution in [-0.4, -0.2) is 55.9 Å². The Morgan fingerprint density at radius 1 is 1.08 bits per heavy atom. The lowest BCUT2D eigenvalue weighted by atomic mass is 10.1. The number of benzene rings is 1. The highest BCUT2D eigenvalue weighted by atomic mass is 35.5. The first-order valence-corrected chi connectivity index (χ1v) is 11.6. The van der Waals surface area contributed by atoms with Gasteiger partial charge in [0, 0.05) is 36.3 Å². The van der Waals surface area contributed by atoms with E-state index in [0.717, 1.165) is 22.2 Å². The van der Waals surface area contributed by atoms with Gasteiger partial charge in [0.2, 0.25) is 0 Å². The SMILES string of the molecule is Cc1c(OC(C)C)ccc2ccc(-c3nnc4ccc([C@@H](N5CCC(N)C5)C(F)(F)F)cn34)nc12.Cl. The normalized spacial score (nSPS) is 17.6. The van der Waals surface area contributed by atoms with Crippen LogP contribution in [0.25, 0.3) is 28.1 Å². The zero-order chi connectivity index (χ0) is 24.9. The number of pyridine rings is 2. The molecule has 0 aliphatic carbocycles. The van der Waals surface area contributed by atoms with Gasteiger partial charge in [-0.25, -0.2) is 4.98 Å². The summed E-state index contributed by atoms with van der Waals surface area (Å²) >= 11 is 0. The summed E-state index contributed by atoms with van der Waals surface area (Å²) in [7, 11) is 0. The molecule has 4 heterocycles. The quantitative estimate of drug-likeness (QED) is 0.394. The maximum atomic E-state index is 14.1. The van der Waals surface area contributed by atoms with Crippen LogP contribution in [0.5, 0.6) is 5.75 Å². The molecular formula is C25H28ClF3N6O. The van der Waals surface area contributed by atoms with Gasteiger partial charge in [0.25, 0.3) is 0 Å². The Bertz CT molecular complexity index is 1390. The molecule has 1 aliphatic rings. The van der Waals surface area contributed by atoms with Gasteiger partial charge in [-0.15, -0.1) is 22.6 Å². The fraction of sp³-hybridized carbons (Fsp3) is 0.400. The van der Waals surface area contributed by atoms with E-state index in [2.05, 4.69) is 10.2 Å². The predicted octanol–water partition coefficient (Wildman–Crippen LogP) is 5.10. The third-order valence-electron chi connectivity index (χ3n) is 6.33. The molecule has 2 atom stereocenters. The highest BCUT2D eigenvalue weighted by Gasteiger charge is 2.46. The molecule has 1 saturated heterocycles. The van der Waals surface area contributed by atoms with Crippen molar-refractivity contribution in [2.24, 2.45) is 5.73 Å². The monoisotopic (exact) mass is 520 g/mol. The van der Waals surface area contributed by atoms with E-state index in [-0.39, 0.29) is 36.7 Å². The van der Waals surface area contributed by atoms with E-state index in [1.54, 1.807) is 16.5 Å². The Morgan fingerprint density at radius 2 is 1.83 bits per heavy atom. The molecule has 1 fully saturated rings. The third-order valence-corrected chi connectivity index (χ3v) is 6.33. The molecule has 0 saturated carbocycles. The number of hydrogen-bond donors (Lipinski definition) is 1. The van der Waals surface area contributed by atoms with E-state index in [1.807, 2.05) is 39.0 Å². The number of aromatic nitrogens is 4. The Balaban J connectivity index is 0.00000304. The molecule has 5 rings (SSSR count). The number of ether oxygens (including phenoxy) is 1. The molecule has 0 bridgehead atoms. The van der Waals surface area contributed by atoms with Crippen molar-refractivity contribution >= 4 is 29.0 Å². The van der Waals surface area contributed by atoms with E-state index in [4.69, 9.17) is 15.5 Å². The first-order chi connectivity index (χ1) is 16.6. The average molecular weight is 521 g/mol. The van der Waals surface area contributed by atoms with Crippen LogP contribution in [0.3, 0.4) is 0 Å². The van der Waals surface area contributed by atoms with E-state index in [9.17, 15) is 13.2 Å². The highest BCUT2D eigenvalue weighted by Crippen LogP contribution is 2.39. The molecule has 2 N–H and O–H groups in total. The lowest BCUT2D eigenvalue weighted by molar-refractivity contribution is -0.183. The summed E-state index contributed by atoms with van der Waals surface area (Å²) in [6, 6.07) is 8.57. The molecule has 1 aliphatic heterocycles. The number of nitrogens with zero attached hydrogens (tertiary/aromatic N) is 5. The fourth-order valence-corrected chi connectivity index (χ4v) is 4.72. The van der Waals surface area contributed by atoms with Gasteiger partial charge in [0.15, 0.2) is 11.5 Å². The van der Waals surface area contributed by atoms with Gasteiger partial charge in [-0.05, 0) is 57.0 Å². The summed E-state index contributed by atoms with van der Waals surface area (Å²) in [6.45, 7) is 6.34. The highest BCUT2D eigenvalue weighted by molar-refractivity contribution is 5.86. The number of rotatable bonds is 5. The second kappa shape index (κ2) is 9.84. The van der Waals surface area contributed by atoms with Gasteiger partial charge in [-0.1, -0.05) is 12.1 Å². The number of aryl methyl sites for hydroxylation is 1. The van der Waals surface area contributed by atoms with Crippen molar-refractivity contribution in [1.29, 1.82) is 0 Å². The van der Waals surface area contributed by atoms with Gasteiger partial charge in [0.1, 0.15) is 17.5 Å². The van der Waals surface area contributed by atoms with E-state index in [0.29, 0.717) is 30.1 Å². The van der Waals surface area contributed by atoms with Crippen LogP contribution in [0.4, 0.5) is 13.2 Å². The third kappa shape index (κ3) is 4.85. The number of hydrogen-bond acceptors (Lipinski definition) is 6. The minimum absolute atomic E-state index is 0. The van der Waals surface area contributed by atoms with Crippen LogP contribution in [0.1, 0.15) is 37.4 Å². The Labute approximate surface area is 212 Å². The Morgan fingerprint density at radius 3 is 2.50 bits per heavy atom. The van der Waals surface area contributed by atoms with Crippen LogP contribution in [0.2, 0.25) is 0 Å². The van der Waals surface area contributed by atoms with E-state index < -0.39 is 12.2 Å². The van der Waals surface area contributed by atoms with Gasteiger partial charge in [-0.2, -0.15) is 13.2 Å². The molecule has 7 nitrogen and oxygen atoms in total. The van der Waals surface area contributed by atoms with Crippen molar-refractivity contribution in [2.75, 3.05) is 13.1 Å². The second-order valence-corrected chi connectivity index (χ2v) is 9.33. The smallest absolute Gasteiger partial charge is 0.408 e.